The summed E-state index contributed by atoms with van der Waals surface area (Å²) in [5.41, 5.74) is 1.61. The molecule has 0 nitrogen and oxygen atoms in total. The monoisotopic (exact) mass is 262 g/mol. The Hall–Kier alpha value is 0.250. The van der Waals surface area contributed by atoms with Gasteiger partial charge in [0.1, 0.15) is 0 Å². The van der Waals surface area contributed by atoms with E-state index in [0.29, 0.717) is 0 Å². The molecular weight excluding hydrogens is 247 g/mol. The van der Waals surface area contributed by atoms with Crippen LogP contribution in [0.3, 0.4) is 0 Å². The third kappa shape index (κ3) is 3.14. The van der Waals surface area contributed by atoms with E-state index in [0.717, 1.165) is 3.94 Å². The molecule has 0 aliphatic heterocycles. The minimum absolute atomic E-state index is 0.164. The highest BCUT2D eigenvalue weighted by atomic mass is 79.9. The van der Waals surface area contributed by atoms with Crippen molar-refractivity contribution in [3.05, 3.63) is 21.7 Å². The van der Waals surface area contributed by atoms with Gasteiger partial charge in [-0.3, -0.25) is 0 Å². The lowest BCUT2D eigenvalue weighted by molar-refractivity contribution is 0.456. The van der Waals surface area contributed by atoms with Crippen LogP contribution in [0.4, 0.5) is 0 Å². The topological polar surface area (TPSA) is 0 Å². The van der Waals surface area contributed by atoms with Gasteiger partial charge < -0.3 is 0 Å². The van der Waals surface area contributed by atoms with E-state index in [1.165, 1.54) is 31.3 Å². The van der Waals surface area contributed by atoms with Crippen molar-refractivity contribution in [2.45, 2.75) is 39.5 Å². The number of allylic oxidation sites excluding steroid dienone is 3. The Labute approximate surface area is 94.2 Å². The molecule has 0 bridgehead atoms. The molecule has 1 rings (SSSR count). The highest BCUT2D eigenvalue weighted by molar-refractivity contribution is 9.12. The molecule has 0 saturated carbocycles. The second-order valence-electron chi connectivity index (χ2n) is 3.98. The summed E-state index contributed by atoms with van der Waals surface area (Å²) in [5, 5.41) is 0. The Balaban J connectivity index is 2.90. The number of hydrogen-bond donors (Lipinski definition) is 0. The summed E-state index contributed by atoms with van der Waals surface area (Å²) in [4.78, 5) is 0. The van der Waals surface area contributed by atoms with Gasteiger partial charge in [-0.05, 0) is 48.2 Å². The Bertz CT molecular complexity index is 238. The SMILES string of the molecule is CC1=CCCCCC1(C)/C=C(/Cl)Br. The Morgan fingerprint density at radius 2 is 2.31 bits per heavy atom. The molecule has 2 heteroatoms. The maximum atomic E-state index is 5.87. The molecule has 1 unspecified atom stereocenters. The highest BCUT2D eigenvalue weighted by Crippen LogP contribution is 2.39. The molecule has 0 spiro atoms. The fourth-order valence-corrected chi connectivity index (χ4v) is 2.56. The summed E-state index contributed by atoms with van der Waals surface area (Å²) in [6, 6.07) is 0. The predicted molar refractivity (Wildman–Crippen MR) is 63.2 cm³/mol. The van der Waals surface area contributed by atoms with E-state index < -0.39 is 0 Å². The maximum Gasteiger partial charge on any atom is 0.0802 e. The van der Waals surface area contributed by atoms with Crippen LogP contribution in [-0.4, -0.2) is 0 Å². The van der Waals surface area contributed by atoms with E-state index in [-0.39, 0.29) is 5.41 Å². The minimum Gasteiger partial charge on any atom is -0.0847 e. The van der Waals surface area contributed by atoms with Crippen LogP contribution in [0.2, 0.25) is 0 Å². The van der Waals surface area contributed by atoms with Crippen LogP contribution < -0.4 is 0 Å². The fourth-order valence-electron chi connectivity index (χ4n) is 1.81. The van der Waals surface area contributed by atoms with Crippen molar-refractivity contribution in [1.29, 1.82) is 0 Å². The van der Waals surface area contributed by atoms with E-state index in [1.807, 2.05) is 0 Å². The zero-order chi connectivity index (χ0) is 9.90. The zero-order valence-corrected chi connectivity index (χ0v) is 10.6. The van der Waals surface area contributed by atoms with Gasteiger partial charge in [-0.25, -0.2) is 0 Å². The molecule has 1 aliphatic carbocycles. The molecule has 0 aromatic rings. The summed E-state index contributed by atoms with van der Waals surface area (Å²) in [6.45, 7) is 4.46. The van der Waals surface area contributed by atoms with Crippen molar-refractivity contribution < 1.29 is 0 Å². The van der Waals surface area contributed by atoms with Gasteiger partial charge in [0, 0.05) is 5.41 Å². The summed E-state index contributed by atoms with van der Waals surface area (Å²) in [7, 11) is 0. The summed E-state index contributed by atoms with van der Waals surface area (Å²) >= 11 is 9.17. The second-order valence-corrected chi connectivity index (χ2v) is 5.70. The maximum absolute atomic E-state index is 5.87. The molecule has 0 radical (unpaired) electrons. The van der Waals surface area contributed by atoms with Gasteiger partial charge in [0.15, 0.2) is 0 Å². The Morgan fingerprint density at radius 3 is 2.92 bits per heavy atom. The Kier molecular flexibility index (Phi) is 4.06. The second kappa shape index (κ2) is 4.65. The molecule has 13 heavy (non-hydrogen) atoms. The summed E-state index contributed by atoms with van der Waals surface area (Å²) in [5.74, 6) is 0. The Morgan fingerprint density at radius 1 is 1.62 bits per heavy atom. The standard InChI is InChI=1S/C11H16BrCl/c1-9-6-4-3-5-7-11(9,2)8-10(12)13/h6,8H,3-5,7H2,1-2H3/b10-8+. The molecule has 0 heterocycles. The minimum atomic E-state index is 0.164. The van der Waals surface area contributed by atoms with Crippen molar-refractivity contribution >= 4 is 27.5 Å². The largest absolute Gasteiger partial charge is 0.0847 e. The van der Waals surface area contributed by atoms with Gasteiger partial charge >= 0.3 is 0 Å². The average Bonchev–Trinajstić information content (AvgIpc) is 2.14. The van der Waals surface area contributed by atoms with E-state index in [1.54, 1.807) is 0 Å². The van der Waals surface area contributed by atoms with Crippen LogP contribution in [0, 0.1) is 5.41 Å². The highest BCUT2D eigenvalue weighted by Gasteiger charge is 2.24. The van der Waals surface area contributed by atoms with Gasteiger partial charge in [0.05, 0.1) is 3.94 Å². The first kappa shape index (κ1) is 11.3. The van der Waals surface area contributed by atoms with Gasteiger partial charge in [0.2, 0.25) is 0 Å². The third-order valence-corrected chi connectivity index (χ3v) is 3.27. The molecular formula is C11H16BrCl. The molecule has 74 valence electrons. The quantitative estimate of drug-likeness (QED) is 0.585. The van der Waals surface area contributed by atoms with Gasteiger partial charge in [-0.15, -0.1) is 0 Å². The van der Waals surface area contributed by atoms with Crippen molar-refractivity contribution in [3.63, 3.8) is 0 Å². The normalized spacial score (nSPS) is 31.1. The van der Waals surface area contributed by atoms with E-state index in [9.17, 15) is 0 Å². The van der Waals surface area contributed by atoms with Crippen molar-refractivity contribution in [3.8, 4) is 0 Å². The van der Waals surface area contributed by atoms with E-state index in [4.69, 9.17) is 11.6 Å². The predicted octanol–water partition coefficient (Wildman–Crippen LogP) is 4.99. The summed E-state index contributed by atoms with van der Waals surface area (Å²) < 4.78 is 0.727. The van der Waals surface area contributed by atoms with E-state index in [2.05, 4.69) is 41.9 Å². The molecule has 0 aromatic heterocycles. The van der Waals surface area contributed by atoms with Crippen LogP contribution in [0.5, 0.6) is 0 Å². The fraction of sp³-hybridized carbons (Fsp3) is 0.636. The number of halogens is 2. The third-order valence-electron chi connectivity index (χ3n) is 2.93. The lowest BCUT2D eigenvalue weighted by atomic mass is 9.80. The molecule has 0 N–H and O–H groups in total. The lowest BCUT2D eigenvalue weighted by Crippen LogP contribution is -2.13. The lowest BCUT2D eigenvalue weighted by Gasteiger charge is -2.26. The van der Waals surface area contributed by atoms with E-state index >= 15 is 0 Å². The van der Waals surface area contributed by atoms with Crippen molar-refractivity contribution in [2.24, 2.45) is 5.41 Å². The molecule has 0 aromatic carbocycles. The smallest absolute Gasteiger partial charge is 0.0802 e. The van der Waals surface area contributed by atoms with Crippen LogP contribution in [0.1, 0.15) is 39.5 Å². The van der Waals surface area contributed by atoms with Crippen LogP contribution >= 0.6 is 27.5 Å². The number of rotatable bonds is 1. The number of hydrogen-bond acceptors (Lipinski definition) is 0. The molecule has 1 atom stereocenters. The van der Waals surface area contributed by atoms with Crippen LogP contribution in [0.15, 0.2) is 21.7 Å². The first-order valence-corrected chi connectivity index (χ1v) is 5.93. The van der Waals surface area contributed by atoms with Crippen molar-refractivity contribution in [2.75, 3.05) is 0 Å². The first-order valence-electron chi connectivity index (χ1n) is 4.76. The average molecular weight is 264 g/mol. The van der Waals surface area contributed by atoms with Crippen LogP contribution in [-0.2, 0) is 0 Å². The molecule has 0 fully saturated rings. The van der Waals surface area contributed by atoms with Gasteiger partial charge in [-0.1, -0.05) is 36.6 Å². The molecule has 1 aliphatic rings. The van der Waals surface area contributed by atoms with Gasteiger partial charge in [0.25, 0.3) is 0 Å². The molecule has 0 saturated heterocycles. The zero-order valence-electron chi connectivity index (χ0n) is 8.24. The van der Waals surface area contributed by atoms with Crippen LogP contribution in [0.25, 0.3) is 0 Å². The molecule has 0 amide bonds. The summed E-state index contributed by atoms with van der Waals surface area (Å²) in [6.07, 6.45) is 9.48. The van der Waals surface area contributed by atoms with Crippen molar-refractivity contribution in [1.82, 2.24) is 0 Å². The first-order chi connectivity index (χ1) is 6.04. The van der Waals surface area contributed by atoms with Gasteiger partial charge in [-0.2, -0.15) is 0 Å².